The van der Waals surface area contributed by atoms with E-state index in [0.717, 1.165) is 17.1 Å². The number of anilines is 1. The first-order chi connectivity index (χ1) is 10.2. The summed E-state index contributed by atoms with van der Waals surface area (Å²) in [6.45, 7) is 1.88. The van der Waals surface area contributed by atoms with Gasteiger partial charge in [-0.25, -0.2) is 4.98 Å². The number of carbonyl (C=O) groups excluding carboxylic acids is 1. The number of amides is 1. The van der Waals surface area contributed by atoms with Crippen molar-refractivity contribution in [1.82, 2.24) is 14.5 Å². The Labute approximate surface area is 122 Å². The molecule has 5 nitrogen and oxygen atoms in total. The normalized spacial score (nSPS) is 10.3. The maximum Gasteiger partial charge on any atom is 0.255 e. The number of rotatable bonds is 3. The molecule has 1 amide bonds. The quantitative estimate of drug-likeness (QED) is 0.801. The summed E-state index contributed by atoms with van der Waals surface area (Å²) in [4.78, 5) is 20.3. The Kier molecular flexibility index (Phi) is 3.47. The number of hydrogen-bond donors (Lipinski definition) is 1. The topological polar surface area (TPSA) is 59.8 Å². The third-order valence-electron chi connectivity index (χ3n) is 3.09. The minimum atomic E-state index is -0.141. The summed E-state index contributed by atoms with van der Waals surface area (Å²) >= 11 is 0. The van der Waals surface area contributed by atoms with E-state index in [0.29, 0.717) is 5.56 Å². The van der Waals surface area contributed by atoms with Crippen molar-refractivity contribution in [3.05, 3.63) is 72.6 Å². The summed E-state index contributed by atoms with van der Waals surface area (Å²) in [7, 11) is 0. The monoisotopic (exact) mass is 278 g/mol. The molecule has 0 fully saturated rings. The molecule has 2 heterocycles. The van der Waals surface area contributed by atoms with Gasteiger partial charge in [0.25, 0.3) is 5.91 Å². The van der Waals surface area contributed by atoms with E-state index in [4.69, 9.17) is 0 Å². The number of nitrogens with one attached hydrogen (secondary N) is 1. The van der Waals surface area contributed by atoms with Gasteiger partial charge in [-0.05, 0) is 43.3 Å². The van der Waals surface area contributed by atoms with Crippen LogP contribution in [0.15, 0.2) is 61.3 Å². The van der Waals surface area contributed by atoms with Crippen LogP contribution in [-0.2, 0) is 0 Å². The number of nitrogens with zero attached hydrogens (tertiary/aromatic N) is 3. The molecule has 0 atom stereocenters. The van der Waals surface area contributed by atoms with E-state index in [1.165, 1.54) is 0 Å². The third-order valence-corrected chi connectivity index (χ3v) is 3.09. The first kappa shape index (κ1) is 13.1. The molecule has 0 aliphatic rings. The molecule has 0 bridgehead atoms. The van der Waals surface area contributed by atoms with Gasteiger partial charge in [0.1, 0.15) is 0 Å². The fraction of sp³-hybridized carbons (Fsp3) is 0.0625. The van der Waals surface area contributed by atoms with Gasteiger partial charge in [0.05, 0.1) is 6.33 Å². The zero-order valence-corrected chi connectivity index (χ0v) is 11.5. The summed E-state index contributed by atoms with van der Waals surface area (Å²) in [5.41, 5.74) is 3.17. The fourth-order valence-corrected chi connectivity index (χ4v) is 2.02. The molecule has 21 heavy (non-hydrogen) atoms. The minimum Gasteiger partial charge on any atom is -0.322 e. The average Bonchev–Trinajstić information content (AvgIpc) is 3.01. The third kappa shape index (κ3) is 2.97. The number of aromatic nitrogens is 3. The second-order valence-corrected chi connectivity index (χ2v) is 4.66. The Morgan fingerprint density at radius 1 is 1.14 bits per heavy atom. The second-order valence-electron chi connectivity index (χ2n) is 4.66. The van der Waals surface area contributed by atoms with E-state index in [9.17, 15) is 4.79 Å². The van der Waals surface area contributed by atoms with E-state index in [1.54, 1.807) is 36.9 Å². The van der Waals surface area contributed by atoms with Crippen molar-refractivity contribution in [3.63, 3.8) is 0 Å². The maximum absolute atomic E-state index is 12.2. The van der Waals surface area contributed by atoms with Crippen LogP contribution < -0.4 is 5.32 Å². The molecule has 3 rings (SSSR count). The highest BCUT2D eigenvalue weighted by atomic mass is 16.1. The lowest BCUT2D eigenvalue weighted by Crippen LogP contribution is -2.12. The zero-order valence-electron chi connectivity index (χ0n) is 11.5. The molecule has 3 aromatic rings. The van der Waals surface area contributed by atoms with E-state index >= 15 is 0 Å². The summed E-state index contributed by atoms with van der Waals surface area (Å²) in [5, 5.41) is 2.86. The smallest absolute Gasteiger partial charge is 0.255 e. The molecule has 0 radical (unpaired) electrons. The van der Waals surface area contributed by atoms with Crippen LogP contribution in [0, 0.1) is 6.92 Å². The van der Waals surface area contributed by atoms with Gasteiger partial charge >= 0.3 is 0 Å². The first-order valence-electron chi connectivity index (χ1n) is 6.55. The lowest BCUT2D eigenvalue weighted by molar-refractivity contribution is 0.102. The maximum atomic E-state index is 12.2. The van der Waals surface area contributed by atoms with Crippen LogP contribution >= 0.6 is 0 Å². The molecule has 0 aliphatic carbocycles. The van der Waals surface area contributed by atoms with Crippen LogP contribution in [0.5, 0.6) is 0 Å². The highest BCUT2D eigenvalue weighted by Gasteiger charge is 2.06. The van der Waals surface area contributed by atoms with E-state index in [-0.39, 0.29) is 5.91 Å². The van der Waals surface area contributed by atoms with Crippen molar-refractivity contribution in [1.29, 1.82) is 0 Å². The van der Waals surface area contributed by atoms with Crippen LogP contribution in [0.3, 0.4) is 0 Å². The van der Waals surface area contributed by atoms with Gasteiger partial charge in [-0.2, -0.15) is 0 Å². The number of benzene rings is 1. The Hall–Kier alpha value is -2.95. The van der Waals surface area contributed by atoms with Crippen molar-refractivity contribution >= 4 is 11.6 Å². The molecule has 2 aromatic heterocycles. The standard InChI is InChI=1S/C16H14N4O/c1-12-10-14(6-7-18-12)19-16(21)13-2-4-15(5-3-13)20-9-8-17-11-20/h2-11H,1H3,(H,18,19,21). The van der Waals surface area contributed by atoms with Crippen molar-refractivity contribution in [2.45, 2.75) is 6.92 Å². The van der Waals surface area contributed by atoms with Crippen molar-refractivity contribution < 1.29 is 4.79 Å². The molecule has 0 aliphatic heterocycles. The zero-order chi connectivity index (χ0) is 14.7. The van der Waals surface area contributed by atoms with Crippen molar-refractivity contribution in [2.24, 2.45) is 0 Å². The molecule has 0 saturated carbocycles. The molecule has 1 N–H and O–H groups in total. The van der Waals surface area contributed by atoms with E-state index in [2.05, 4.69) is 15.3 Å². The largest absolute Gasteiger partial charge is 0.322 e. The summed E-state index contributed by atoms with van der Waals surface area (Å²) < 4.78 is 1.88. The van der Waals surface area contributed by atoms with Gasteiger partial charge in [0.2, 0.25) is 0 Å². The minimum absolute atomic E-state index is 0.141. The first-order valence-corrected chi connectivity index (χ1v) is 6.55. The molecule has 104 valence electrons. The number of pyridine rings is 1. The molecule has 0 unspecified atom stereocenters. The van der Waals surface area contributed by atoms with Crippen molar-refractivity contribution in [3.8, 4) is 5.69 Å². The van der Waals surface area contributed by atoms with Gasteiger partial charge in [0.15, 0.2) is 0 Å². The number of carbonyl (C=O) groups is 1. The lowest BCUT2D eigenvalue weighted by Gasteiger charge is -2.07. The molecule has 1 aromatic carbocycles. The summed E-state index contributed by atoms with van der Waals surface area (Å²) in [5.74, 6) is -0.141. The second kappa shape index (κ2) is 5.58. The highest BCUT2D eigenvalue weighted by Crippen LogP contribution is 2.12. The summed E-state index contributed by atoms with van der Waals surface area (Å²) in [6.07, 6.45) is 6.96. The van der Waals surface area contributed by atoms with Crippen LogP contribution in [0.4, 0.5) is 5.69 Å². The molecule has 0 spiro atoms. The Morgan fingerprint density at radius 2 is 1.95 bits per heavy atom. The number of hydrogen-bond acceptors (Lipinski definition) is 3. The molecular weight excluding hydrogens is 264 g/mol. The van der Waals surface area contributed by atoms with Crippen molar-refractivity contribution in [2.75, 3.05) is 5.32 Å². The summed E-state index contributed by atoms with van der Waals surface area (Å²) in [6, 6.07) is 10.9. The average molecular weight is 278 g/mol. The Morgan fingerprint density at radius 3 is 2.62 bits per heavy atom. The van der Waals surface area contributed by atoms with Crippen LogP contribution in [0.1, 0.15) is 16.1 Å². The number of imidazole rings is 1. The van der Waals surface area contributed by atoms with Gasteiger partial charge in [-0.3, -0.25) is 9.78 Å². The highest BCUT2D eigenvalue weighted by molar-refractivity contribution is 6.04. The van der Waals surface area contributed by atoms with Gasteiger partial charge < -0.3 is 9.88 Å². The Balaban J connectivity index is 1.76. The van der Waals surface area contributed by atoms with E-state index in [1.807, 2.05) is 35.9 Å². The number of aryl methyl sites for hydroxylation is 1. The van der Waals surface area contributed by atoms with Crippen LogP contribution in [-0.4, -0.2) is 20.4 Å². The van der Waals surface area contributed by atoms with Crippen LogP contribution in [0.25, 0.3) is 5.69 Å². The van der Waals surface area contributed by atoms with E-state index < -0.39 is 0 Å². The fourth-order valence-electron chi connectivity index (χ4n) is 2.02. The van der Waals surface area contributed by atoms with Gasteiger partial charge in [-0.1, -0.05) is 0 Å². The van der Waals surface area contributed by atoms with Gasteiger partial charge in [0, 0.05) is 41.2 Å². The predicted molar refractivity (Wildman–Crippen MR) is 80.5 cm³/mol. The SMILES string of the molecule is Cc1cc(NC(=O)c2ccc(-n3ccnc3)cc2)ccn1. The molecular formula is C16H14N4O. The Bertz CT molecular complexity index is 748. The lowest BCUT2D eigenvalue weighted by atomic mass is 10.2. The van der Waals surface area contributed by atoms with Gasteiger partial charge in [-0.15, -0.1) is 0 Å². The van der Waals surface area contributed by atoms with Crippen LogP contribution in [0.2, 0.25) is 0 Å². The molecule has 5 heteroatoms. The molecule has 0 saturated heterocycles. The predicted octanol–water partition coefficient (Wildman–Crippen LogP) is 2.83.